The van der Waals surface area contributed by atoms with Gasteiger partial charge in [-0.05, 0) is 26.3 Å². The van der Waals surface area contributed by atoms with Crippen molar-refractivity contribution in [3.05, 3.63) is 29.2 Å². The molecular formula is C9H12O. The van der Waals surface area contributed by atoms with Gasteiger partial charge in [-0.1, -0.05) is 12.7 Å². The van der Waals surface area contributed by atoms with Crippen LogP contribution in [0.2, 0.25) is 0 Å². The maximum absolute atomic E-state index is 5.36. The van der Waals surface area contributed by atoms with Crippen LogP contribution in [0.25, 0.3) is 6.08 Å². The number of furan rings is 1. The fraction of sp³-hybridized carbons (Fsp3) is 0.333. The van der Waals surface area contributed by atoms with E-state index in [4.69, 9.17) is 4.42 Å². The molecule has 0 bridgehead atoms. The van der Waals surface area contributed by atoms with Crippen molar-refractivity contribution in [2.75, 3.05) is 0 Å². The minimum absolute atomic E-state index is 0.963. The van der Waals surface area contributed by atoms with E-state index >= 15 is 0 Å². The highest BCUT2D eigenvalue weighted by Gasteiger charge is 2.06. The number of rotatable bonds is 1. The second-order valence-corrected chi connectivity index (χ2v) is 2.46. The van der Waals surface area contributed by atoms with Gasteiger partial charge in [0.2, 0.25) is 0 Å². The van der Waals surface area contributed by atoms with E-state index in [1.165, 1.54) is 5.56 Å². The van der Waals surface area contributed by atoms with Crippen LogP contribution in [0.5, 0.6) is 0 Å². The zero-order chi connectivity index (χ0) is 7.72. The number of hydrogen-bond acceptors (Lipinski definition) is 1. The zero-order valence-corrected chi connectivity index (χ0v) is 6.69. The van der Waals surface area contributed by atoms with Crippen LogP contribution in [-0.4, -0.2) is 0 Å². The summed E-state index contributed by atoms with van der Waals surface area (Å²) in [4.78, 5) is 0. The van der Waals surface area contributed by atoms with Crippen LogP contribution in [0.3, 0.4) is 0 Å². The monoisotopic (exact) mass is 136 g/mol. The van der Waals surface area contributed by atoms with E-state index in [1.807, 2.05) is 26.8 Å². The lowest BCUT2D eigenvalue weighted by molar-refractivity contribution is 0.502. The van der Waals surface area contributed by atoms with Gasteiger partial charge < -0.3 is 4.42 Å². The summed E-state index contributed by atoms with van der Waals surface area (Å²) >= 11 is 0. The zero-order valence-electron chi connectivity index (χ0n) is 6.69. The van der Waals surface area contributed by atoms with Crippen LogP contribution >= 0.6 is 0 Å². The molecule has 54 valence electrons. The maximum atomic E-state index is 5.36. The van der Waals surface area contributed by atoms with Crippen LogP contribution in [0.4, 0.5) is 0 Å². The smallest absolute Gasteiger partial charge is 0.108 e. The van der Waals surface area contributed by atoms with Crippen molar-refractivity contribution >= 4 is 6.08 Å². The Bertz CT molecular complexity index is 256. The van der Waals surface area contributed by atoms with Crippen molar-refractivity contribution in [1.82, 2.24) is 0 Å². The van der Waals surface area contributed by atoms with Gasteiger partial charge in [0.15, 0.2) is 0 Å². The Morgan fingerprint density at radius 2 is 1.80 bits per heavy atom. The van der Waals surface area contributed by atoms with Gasteiger partial charge in [-0.3, -0.25) is 0 Å². The third kappa shape index (κ3) is 0.878. The van der Waals surface area contributed by atoms with E-state index < -0.39 is 0 Å². The molecular weight excluding hydrogens is 124 g/mol. The summed E-state index contributed by atoms with van der Waals surface area (Å²) in [7, 11) is 0. The summed E-state index contributed by atoms with van der Waals surface area (Å²) in [6.45, 7) is 9.67. The molecule has 10 heavy (non-hydrogen) atoms. The lowest BCUT2D eigenvalue weighted by Crippen LogP contribution is -1.74. The van der Waals surface area contributed by atoms with Crippen molar-refractivity contribution in [1.29, 1.82) is 0 Å². The number of hydrogen-bond donors (Lipinski definition) is 0. The van der Waals surface area contributed by atoms with Crippen molar-refractivity contribution in [2.24, 2.45) is 0 Å². The first-order valence-corrected chi connectivity index (χ1v) is 3.36. The Balaban J connectivity index is 3.33. The fourth-order valence-corrected chi connectivity index (χ4v) is 1.11. The van der Waals surface area contributed by atoms with E-state index in [1.54, 1.807) is 0 Å². The highest BCUT2D eigenvalue weighted by molar-refractivity contribution is 5.54. The van der Waals surface area contributed by atoms with Crippen LogP contribution < -0.4 is 0 Å². The molecule has 1 nitrogen and oxygen atoms in total. The lowest BCUT2D eigenvalue weighted by Gasteiger charge is -1.87. The Morgan fingerprint density at radius 3 is 2.00 bits per heavy atom. The summed E-state index contributed by atoms with van der Waals surface area (Å²) in [5.74, 6) is 1.96. The average molecular weight is 136 g/mol. The molecule has 0 saturated carbocycles. The van der Waals surface area contributed by atoms with E-state index in [0.29, 0.717) is 0 Å². The molecule has 1 heterocycles. The van der Waals surface area contributed by atoms with E-state index in [9.17, 15) is 0 Å². The van der Waals surface area contributed by atoms with Gasteiger partial charge in [-0.2, -0.15) is 0 Å². The molecule has 0 N–H and O–H groups in total. The topological polar surface area (TPSA) is 13.1 Å². The minimum atomic E-state index is 0.963. The van der Waals surface area contributed by atoms with Crippen molar-refractivity contribution in [3.63, 3.8) is 0 Å². The third-order valence-corrected chi connectivity index (χ3v) is 1.82. The van der Waals surface area contributed by atoms with Gasteiger partial charge in [0.25, 0.3) is 0 Å². The highest BCUT2D eigenvalue weighted by Crippen LogP contribution is 2.20. The molecule has 0 aromatic carbocycles. The predicted octanol–water partition coefficient (Wildman–Crippen LogP) is 2.85. The Labute approximate surface area is 61.4 Å². The van der Waals surface area contributed by atoms with Gasteiger partial charge in [-0.25, -0.2) is 0 Å². The summed E-state index contributed by atoms with van der Waals surface area (Å²) in [5.41, 5.74) is 2.34. The van der Waals surface area contributed by atoms with Crippen LogP contribution in [0, 0.1) is 20.8 Å². The Morgan fingerprint density at radius 1 is 1.20 bits per heavy atom. The molecule has 0 aliphatic rings. The van der Waals surface area contributed by atoms with Crippen molar-refractivity contribution < 1.29 is 4.42 Å². The highest BCUT2D eigenvalue weighted by atomic mass is 16.3. The first kappa shape index (κ1) is 7.13. The fourth-order valence-electron chi connectivity index (χ4n) is 1.11. The van der Waals surface area contributed by atoms with Gasteiger partial charge in [0.05, 0.1) is 0 Å². The van der Waals surface area contributed by atoms with Gasteiger partial charge in [0, 0.05) is 5.56 Å². The van der Waals surface area contributed by atoms with Gasteiger partial charge >= 0.3 is 0 Å². The molecule has 0 amide bonds. The molecule has 0 radical (unpaired) electrons. The second-order valence-electron chi connectivity index (χ2n) is 2.46. The molecule has 0 aliphatic carbocycles. The first-order chi connectivity index (χ1) is 4.66. The molecule has 1 heteroatoms. The predicted molar refractivity (Wildman–Crippen MR) is 43.0 cm³/mol. The van der Waals surface area contributed by atoms with Gasteiger partial charge in [-0.15, -0.1) is 0 Å². The van der Waals surface area contributed by atoms with Crippen LogP contribution in [0.15, 0.2) is 11.0 Å². The Hall–Kier alpha value is -0.980. The first-order valence-electron chi connectivity index (χ1n) is 3.36. The molecule has 1 rings (SSSR count). The largest absolute Gasteiger partial charge is 0.466 e. The molecule has 0 aliphatic heterocycles. The van der Waals surface area contributed by atoms with Crippen LogP contribution in [0.1, 0.15) is 22.6 Å². The quantitative estimate of drug-likeness (QED) is 0.578. The maximum Gasteiger partial charge on any atom is 0.108 e. The average Bonchev–Trinajstić information content (AvgIpc) is 2.09. The Kier molecular flexibility index (Phi) is 1.66. The summed E-state index contributed by atoms with van der Waals surface area (Å²) in [5, 5.41) is 0. The van der Waals surface area contributed by atoms with Crippen molar-refractivity contribution in [2.45, 2.75) is 20.8 Å². The third-order valence-electron chi connectivity index (χ3n) is 1.82. The molecule has 0 unspecified atom stereocenters. The van der Waals surface area contributed by atoms with E-state index in [-0.39, 0.29) is 0 Å². The number of aryl methyl sites for hydroxylation is 2. The van der Waals surface area contributed by atoms with E-state index in [0.717, 1.165) is 17.1 Å². The van der Waals surface area contributed by atoms with Crippen molar-refractivity contribution in [3.8, 4) is 0 Å². The standard InChI is InChI=1S/C9H12O/c1-5-9-6(2)7(3)10-8(9)4/h5H,1H2,2-4H3. The molecule has 1 aromatic heterocycles. The molecule has 0 fully saturated rings. The molecule has 1 aromatic rings. The SMILES string of the molecule is C=Cc1c(C)oc(C)c1C. The molecule has 0 saturated heterocycles. The van der Waals surface area contributed by atoms with E-state index in [2.05, 4.69) is 6.58 Å². The minimum Gasteiger partial charge on any atom is -0.466 e. The molecule has 0 spiro atoms. The molecule has 0 atom stereocenters. The van der Waals surface area contributed by atoms with Gasteiger partial charge in [0.1, 0.15) is 11.5 Å². The summed E-state index contributed by atoms with van der Waals surface area (Å²) < 4.78 is 5.36. The summed E-state index contributed by atoms with van der Waals surface area (Å²) in [6, 6.07) is 0. The van der Waals surface area contributed by atoms with Crippen LogP contribution in [-0.2, 0) is 0 Å². The second kappa shape index (κ2) is 2.33. The summed E-state index contributed by atoms with van der Waals surface area (Å²) in [6.07, 6.45) is 1.83. The lowest BCUT2D eigenvalue weighted by atomic mass is 10.1. The normalized spacial score (nSPS) is 9.90.